The van der Waals surface area contributed by atoms with E-state index in [1.807, 2.05) is 63.4 Å². The predicted octanol–water partition coefficient (Wildman–Crippen LogP) is 2.82. The van der Waals surface area contributed by atoms with Crippen LogP contribution in [0.5, 0.6) is 0 Å². The fraction of sp³-hybridized carbons (Fsp3) is 0.263. The number of amides is 2. The van der Waals surface area contributed by atoms with Crippen molar-refractivity contribution in [2.45, 2.75) is 20.8 Å². The van der Waals surface area contributed by atoms with Crippen LogP contribution < -0.4 is 16.0 Å². The zero-order valence-electron chi connectivity index (χ0n) is 15.7. The molecule has 140 valence electrons. The van der Waals surface area contributed by atoms with Crippen LogP contribution in [0.2, 0.25) is 0 Å². The zero-order chi connectivity index (χ0) is 19.2. The molecule has 2 amide bonds. The summed E-state index contributed by atoms with van der Waals surface area (Å²) < 4.78 is 1.67. The van der Waals surface area contributed by atoms with E-state index in [2.05, 4.69) is 31.2 Å². The fourth-order valence-corrected chi connectivity index (χ4v) is 2.45. The second kappa shape index (κ2) is 8.31. The summed E-state index contributed by atoms with van der Waals surface area (Å²) in [5.74, 6) is 1.29. The number of aryl methyl sites for hydroxylation is 3. The van der Waals surface area contributed by atoms with Crippen LogP contribution in [0.15, 0.2) is 42.6 Å². The fourth-order valence-electron chi connectivity index (χ4n) is 2.45. The quantitative estimate of drug-likeness (QED) is 0.584. The van der Waals surface area contributed by atoms with Gasteiger partial charge in [0.05, 0.1) is 5.69 Å². The van der Waals surface area contributed by atoms with Crippen molar-refractivity contribution < 1.29 is 4.79 Å². The van der Waals surface area contributed by atoms with E-state index in [4.69, 9.17) is 0 Å². The number of aromatic nitrogens is 4. The highest BCUT2D eigenvalue weighted by Gasteiger charge is 2.04. The highest BCUT2D eigenvalue weighted by molar-refractivity contribution is 5.89. The molecule has 1 aromatic carbocycles. The minimum atomic E-state index is -0.240. The van der Waals surface area contributed by atoms with E-state index >= 15 is 0 Å². The molecule has 0 aliphatic carbocycles. The van der Waals surface area contributed by atoms with Gasteiger partial charge in [-0.2, -0.15) is 5.10 Å². The summed E-state index contributed by atoms with van der Waals surface area (Å²) in [6.45, 7) is 6.97. The summed E-state index contributed by atoms with van der Waals surface area (Å²) in [4.78, 5) is 11.9. The standard InChI is InChI=1S/C19H23N7O/c1-13-4-5-16(12-14(13)2)22-19(27)21-10-9-20-17-6-7-18(24-23-17)26-11-8-15(3)25-26/h4-8,11-12H,9-10H2,1-3H3,(H,20,23)(H2,21,22,27). The van der Waals surface area contributed by atoms with Gasteiger partial charge in [0.25, 0.3) is 0 Å². The van der Waals surface area contributed by atoms with Gasteiger partial charge in [0.1, 0.15) is 5.82 Å². The van der Waals surface area contributed by atoms with E-state index in [0.717, 1.165) is 16.9 Å². The van der Waals surface area contributed by atoms with E-state index in [1.165, 1.54) is 5.56 Å². The SMILES string of the molecule is Cc1ccn(-c2ccc(NCCNC(=O)Nc3ccc(C)c(C)c3)nn2)n1. The van der Waals surface area contributed by atoms with Crippen LogP contribution in [0.4, 0.5) is 16.3 Å². The number of carbonyl (C=O) groups is 1. The number of carbonyl (C=O) groups excluding carboxylic acids is 1. The number of hydrogen-bond acceptors (Lipinski definition) is 5. The third-order valence-electron chi connectivity index (χ3n) is 4.09. The van der Waals surface area contributed by atoms with Gasteiger partial charge in [-0.15, -0.1) is 10.2 Å². The van der Waals surface area contributed by atoms with Gasteiger partial charge in [0, 0.05) is 25.0 Å². The number of hydrogen-bond donors (Lipinski definition) is 3. The Kier molecular flexibility index (Phi) is 5.65. The molecule has 0 aliphatic rings. The third-order valence-corrected chi connectivity index (χ3v) is 4.09. The molecule has 3 rings (SSSR count). The summed E-state index contributed by atoms with van der Waals surface area (Å²) >= 11 is 0. The highest BCUT2D eigenvalue weighted by Crippen LogP contribution is 2.13. The predicted molar refractivity (Wildman–Crippen MR) is 105 cm³/mol. The smallest absolute Gasteiger partial charge is 0.319 e. The molecule has 0 atom stereocenters. The monoisotopic (exact) mass is 365 g/mol. The number of nitrogens with one attached hydrogen (secondary N) is 3. The average molecular weight is 365 g/mol. The first-order chi connectivity index (χ1) is 13.0. The second-order valence-corrected chi connectivity index (χ2v) is 6.29. The van der Waals surface area contributed by atoms with Crippen LogP contribution >= 0.6 is 0 Å². The van der Waals surface area contributed by atoms with Crippen LogP contribution in [0.3, 0.4) is 0 Å². The molecule has 0 aliphatic heterocycles. The number of urea groups is 1. The maximum absolute atomic E-state index is 11.9. The largest absolute Gasteiger partial charge is 0.367 e. The van der Waals surface area contributed by atoms with Crippen LogP contribution in [-0.2, 0) is 0 Å². The number of benzene rings is 1. The third kappa shape index (κ3) is 5.04. The molecule has 2 aromatic heterocycles. The molecule has 8 nitrogen and oxygen atoms in total. The summed E-state index contributed by atoms with van der Waals surface area (Å²) in [5, 5.41) is 21.3. The topological polar surface area (TPSA) is 96.8 Å². The lowest BCUT2D eigenvalue weighted by Crippen LogP contribution is -2.32. The van der Waals surface area contributed by atoms with Gasteiger partial charge < -0.3 is 16.0 Å². The normalized spacial score (nSPS) is 10.5. The molecule has 0 fully saturated rings. The number of rotatable bonds is 6. The lowest BCUT2D eigenvalue weighted by Gasteiger charge is -2.10. The van der Waals surface area contributed by atoms with E-state index < -0.39 is 0 Å². The van der Waals surface area contributed by atoms with E-state index in [9.17, 15) is 4.79 Å². The minimum Gasteiger partial charge on any atom is -0.367 e. The molecule has 0 saturated carbocycles. The van der Waals surface area contributed by atoms with Crippen LogP contribution in [0, 0.1) is 20.8 Å². The Morgan fingerprint density at radius 2 is 1.85 bits per heavy atom. The first-order valence-corrected chi connectivity index (χ1v) is 8.73. The summed E-state index contributed by atoms with van der Waals surface area (Å²) in [7, 11) is 0. The molecule has 3 N–H and O–H groups in total. The van der Waals surface area contributed by atoms with Crippen molar-refractivity contribution in [3.8, 4) is 5.82 Å². The Morgan fingerprint density at radius 3 is 2.52 bits per heavy atom. The first kappa shape index (κ1) is 18.4. The van der Waals surface area contributed by atoms with Crippen LogP contribution in [0.25, 0.3) is 5.82 Å². The van der Waals surface area contributed by atoms with Crippen LogP contribution in [0.1, 0.15) is 16.8 Å². The van der Waals surface area contributed by atoms with Crippen molar-refractivity contribution in [2.24, 2.45) is 0 Å². The number of anilines is 2. The molecule has 3 aromatic rings. The molecule has 8 heteroatoms. The van der Waals surface area contributed by atoms with Crippen molar-refractivity contribution in [3.63, 3.8) is 0 Å². The van der Waals surface area contributed by atoms with Crippen molar-refractivity contribution in [2.75, 3.05) is 23.7 Å². The summed E-state index contributed by atoms with van der Waals surface area (Å²) in [6.07, 6.45) is 1.84. The van der Waals surface area contributed by atoms with E-state index in [-0.39, 0.29) is 6.03 Å². The number of nitrogens with zero attached hydrogens (tertiary/aromatic N) is 4. The van der Waals surface area contributed by atoms with Crippen molar-refractivity contribution in [3.05, 3.63) is 59.4 Å². The molecule has 2 heterocycles. The Bertz CT molecular complexity index is 918. The maximum Gasteiger partial charge on any atom is 0.319 e. The highest BCUT2D eigenvalue weighted by atomic mass is 16.2. The molecular formula is C19H23N7O. The van der Waals surface area contributed by atoms with Crippen molar-refractivity contribution >= 4 is 17.5 Å². The second-order valence-electron chi connectivity index (χ2n) is 6.29. The van der Waals surface area contributed by atoms with Gasteiger partial charge >= 0.3 is 6.03 Å². The maximum atomic E-state index is 11.9. The van der Waals surface area contributed by atoms with Crippen molar-refractivity contribution in [1.29, 1.82) is 0 Å². The van der Waals surface area contributed by atoms with Gasteiger partial charge in [-0.25, -0.2) is 9.48 Å². The van der Waals surface area contributed by atoms with Gasteiger partial charge in [-0.1, -0.05) is 6.07 Å². The molecule has 0 unspecified atom stereocenters. The Morgan fingerprint density at radius 1 is 1.00 bits per heavy atom. The van der Waals surface area contributed by atoms with Crippen LogP contribution in [-0.4, -0.2) is 39.1 Å². The Balaban J connectivity index is 1.41. The summed E-state index contributed by atoms with van der Waals surface area (Å²) in [5.41, 5.74) is 4.03. The van der Waals surface area contributed by atoms with Gasteiger partial charge in [0.2, 0.25) is 0 Å². The molecule has 0 spiro atoms. The first-order valence-electron chi connectivity index (χ1n) is 8.73. The summed E-state index contributed by atoms with van der Waals surface area (Å²) in [6, 6.07) is 11.2. The molecule has 0 saturated heterocycles. The zero-order valence-corrected chi connectivity index (χ0v) is 15.7. The molecule has 0 radical (unpaired) electrons. The van der Waals surface area contributed by atoms with E-state index in [1.54, 1.807) is 4.68 Å². The van der Waals surface area contributed by atoms with Gasteiger partial charge in [-0.05, 0) is 62.2 Å². The van der Waals surface area contributed by atoms with Gasteiger partial charge in [-0.3, -0.25) is 0 Å². The lowest BCUT2D eigenvalue weighted by molar-refractivity contribution is 0.252. The van der Waals surface area contributed by atoms with Crippen molar-refractivity contribution in [1.82, 2.24) is 25.3 Å². The molecular weight excluding hydrogens is 342 g/mol. The lowest BCUT2D eigenvalue weighted by atomic mass is 10.1. The van der Waals surface area contributed by atoms with Gasteiger partial charge in [0.15, 0.2) is 5.82 Å². The minimum absolute atomic E-state index is 0.240. The molecule has 0 bridgehead atoms. The average Bonchev–Trinajstić information content (AvgIpc) is 3.09. The Hall–Kier alpha value is -3.42. The Labute approximate surface area is 158 Å². The molecule has 27 heavy (non-hydrogen) atoms. The van der Waals surface area contributed by atoms with E-state index in [0.29, 0.717) is 24.7 Å².